The molecule has 1 fully saturated rings. The molecule has 1 aliphatic rings. The highest BCUT2D eigenvalue weighted by atomic mass is 19.4. The number of hydrogen-bond donors (Lipinski definition) is 4. The number of alkyl halides is 3. The lowest BCUT2D eigenvalue weighted by molar-refractivity contribution is -0.137. The average molecular weight is 380 g/mol. The van der Waals surface area contributed by atoms with E-state index >= 15 is 0 Å². The number of nitrogens with zero attached hydrogens (tertiary/aromatic N) is 1. The van der Waals surface area contributed by atoms with Crippen LogP contribution >= 0.6 is 0 Å². The summed E-state index contributed by atoms with van der Waals surface area (Å²) in [4.78, 5) is 16.5. The number of halogens is 3. The highest BCUT2D eigenvalue weighted by molar-refractivity contribution is 5.82. The lowest BCUT2D eigenvalue weighted by atomic mass is 10.1. The van der Waals surface area contributed by atoms with Crippen molar-refractivity contribution in [2.75, 3.05) is 6.54 Å². The molecule has 2 aromatic rings. The number of aliphatic hydroxyl groups is 1. The summed E-state index contributed by atoms with van der Waals surface area (Å²) in [6, 6.07) is 9.11. The maximum Gasteiger partial charge on any atom is 0.416 e. The zero-order valence-electron chi connectivity index (χ0n) is 14.2. The third-order valence-corrected chi connectivity index (χ3v) is 4.36. The molecule has 1 aliphatic heterocycles. The normalized spacial score (nSPS) is 21.0. The van der Waals surface area contributed by atoms with Crippen LogP contribution in [0.5, 0.6) is 0 Å². The molecule has 3 unspecified atom stereocenters. The van der Waals surface area contributed by atoms with Crippen molar-refractivity contribution in [1.82, 2.24) is 21.2 Å². The monoisotopic (exact) mass is 380 g/mol. The summed E-state index contributed by atoms with van der Waals surface area (Å²) >= 11 is 0. The number of hydrazine groups is 1. The number of carbonyl (C=O) groups excluding carboxylic acids is 1. The van der Waals surface area contributed by atoms with Gasteiger partial charge in [-0.05, 0) is 36.2 Å². The van der Waals surface area contributed by atoms with Crippen molar-refractivity contribution in [1.29, 1.82) is 0 Å². The zero-order chi connectivity index (χ0) is 19.4. The van der Waals surface area contributed by atoms with Crippen LogP contribution in [0.4, 0.5) is 13.2 Å². The number of rotatable bonds is 5. The summed E-state index contributed by atoms with van der Waals surface area (Å²) in [6.07, 6.45) is -3.37. The van der Waals surface area contributed by atoms with E-state index < -0.39 is 23.9 Å². The predicted octanol–water partition coefficient (Wildman–Crippen LogP) is 1.86. The lowest BCUT2D eigenvalue weighted by Crippen LogP contribution is -2.44. The Hall–Kier alpha value is -2.49. The average Bonchev–Trinajstić information content (AvgIpc) is 3.16. The van der Waals surface area contributed by atoms with Crippen molar-refractivity contribution < 1.29 is 23.1 Å². The van der Waals surface area contributed by atoms with Crippen LogP contribution in [0.15, 0.2) is 48.7 Å². The molecule has 2 heterocycles. The van der Waals surface area contributed by atoms with Gasteiger partial charge >= 0.3 is 6.18 Å². The van der Waals surface area contributed by atoms with Gasteiger partial charge in [-0.15, -0.1) is 0 Å². The molecule has 0 saturated carbocycles. The van der Waals surface area contributed by atoms with E-state index in [2.05, 4.69) is 21.2 Å². The van der Waals surface area contributed by atoms with Gasteiger partial charge in [0.1, 0.15) is 6.04 Å². The Balaban J connectivity index is 1.50. The molecule has 0 radical (unpaired) electrons. The second-order valence-corrected chi connectivity index (χ2v) is 6.26. The van der Waals surface area contributed by atoms with E-state index in [0.29, 0.717) is 12.0 Å². The lowest BCUT2D eigenvalue weighted by Gasteiger charge is -2.15. The van der Waals surface area contributed by atoms with Crippen molar-refractivity contribution >= 4 is 5.91 Å². The number of amides is 1. The first-order valence-electron chi connectivity index (χ1n) is 8.39. The fourth-order valence-electron chi connectivity index (χ4n) is 2.84. The molecule has 1 aromatic carbocycles. The van der Waals surface area contributed by atoms with Crippen LogP contribution in [0.3, 0.4) is 0 Å². The Morgan fingerprint density at radius 2 is 1.96 bits per heavy atom. The molecule has 0 spiro atoms. The molecule has 4 N–H and O–H groups in total. The van der Waals surface area contributed by atoms with Gasteiger partial charge in [-0.25, -0.2) is 10.9 Å². The number of benzene rings is 1. The largest absolute Gasteiger partial charge is 0.416 e. The minimum absolute atomic E-state index is 0.101. The second-order valence-electron chi connectivity index (χ2n) is 6.26. The van der Waals surface area contributed by atoms with Gasteiger partial charge in [-0.3, -0.25) is 9.78 Å². The maximum absolute atomic E-state index is 12.6. The van der Waals surface area contributed by atoms with Crippen molar-refractivity contribution in [2.45, 2.75) is 30.8 Å². The summed E-state index contributed by atoms with van der Waals surface area (Å²) in [5.41, 5.74) is 6.21. The van der Waals surface area contributed by atoms with E-state index in [-0.39, 0.29) is 18.5 Å². The smallest absolute Gasteiger partial charge is 0.387 e. The fraction of sp³-hybridized carbons (Fsp3) is 0.333. The van der Waals surface area contributed by atoms with Gasteiger partial charge in [-0.2, -0.15) is 13.2 Å². The summed E-state index contributed by atoms with van der Waals surface area (Å²) in [7, 11) is 0. The molecule has 1 aromatic heterocycles. The number of aromatic nitrogens is 1. The van der Waals surface area contributed by atoms with E-state index in [9.17, 15) is 23.1 Å². The topological polar surface area (TPSA) is 86.3 Å². The molecule has 1 saturated heterocycles. The van der Waals surface area contributed by atoms with E-state index in [1.807, 2.05) is 12.1 Å². The minimum Gasteiger partial charge on any atom is -0.387 e. The molecular weight excluding hydrogens is 361 g/mol. The molecule has 0 aliphatic carbocycles. The first-order valence-corrected chi connectivity index (χ1v) is 8.39. The van der Waals surface area contributed by atoms with Crippen LogP contribution < -0.4 is 16.2 Å². The molecule has 0 bridgehead atoms. The van der Waals surface area contributed by atoms with Crippen LogP contribution in [-0.2, 0) is 11.0 Å². The van der Waals surface area contributed by atoms with E-state index in [0.717, 1.165) is 17.8 Å². The summed E-state index contributed by atoms with van der Waals surface area (Å²) < 4.78 is 37.7. The Labute approximate surface area is 153 Å². The Morgan fingerprint density at radius 1 is 1.22 bits per heavy atom. The summed E-state index contributed by atoms with van der Waals surface area (Å²) in [6.45, 7) is -0.101. The highest BCUT2D eigenvalue weighted by Gasteiger charge is 2.31. The summed E-state index contributed by atoms with van der Waals surface area (Å²) in [5.74, 6) is -0.313. The van der Waals surface area contributed by atoms with E-state index in [4.69, 9.17) is 0 Å². The molecular formula is C18H19F3N4O2. The number of aliphatic hydroxyl groups excluding tert-OH is 1. The molecule has 6 nitrogen and oxygen atoms in total. The van der Waals surface area contributed by atoms with Crippen LogP contribution in [0.2, 0.25) is 0 Å². The number of hydrogen-bond acceptors (Lipinski definition) is 5. The van der Waals surface area contributed by atoms with Gasteiger partial charge < -0.3 is 10.4 Å². The fourth-order valence-corrected chi connectivity index (χ4v) is 2.84. The molecule has 3 rings (SSSR count). The van der Waals surface area contributed by atoms with Crippen LogP contribution in [-0.4, -0.2) is 28.6 Å². The second kappa shape index (κ2) is 8.03. The number of carbonyl (C=O) groups is 1. The van der Waals surface area contributed by atoms with Crippen molar-refractivity contribution in [3.8, 4) is 0 Å². The standard InChI is InChI=1S/C18H19F3N4O2/c19-18(20,21)12-6-4-11(5-7-12)16(26)10-23-17(27)15-9-14(24-25-15)13-3-1-2-8-22-13/h1-8,14-16,24-26H,9-10H2,(H,23,27). The van der Waals surface area contributed by atoms with Gasteiger partial charge in [0.15, 0.2) is 0 Å². The Bertz CT molecular complexity index is 768. The number of nitrogens with one attached hydrogen (secondary N) is 3. The molecule has 9 heteroatoms. The van der Waals surface area contributed by atoms with E-state index in [1.165, 1.54) is 12.1 Å². The van der Waals surface area contributed by atoms with Crippen molar-refractivity contribution in [2.24, 2.45) is 0 Å². The van der Waals surface area contributed by atoms with Crippen LogP contribution in [0.1, 0.15) is 35.4 Å². The SMILES string of the molecule is O=C(NCC(O)c1ccc(C(F)(F)F)cc1)C1CC(c2ccccn2)NN1. The molecule has 1 amide bonds. The third kappa shape index (κ3) is 4.82. The number of pyridine rings is 1. The van der Waals surface area contributed by atoms with Gasteiger partial charge in [0.05, 0.1) is 23.4 Å². The quantitative estimate of drug-likeness (QED) is 0.636. The molecule has 27 heavy (non-hydrogen) atoms. The predicted molar refractivity (Wildman–Crippen MR) is 91.1 cm³/mol. The third-order valence-electron chi connectivity index (χ3n) is 4.36. The zero-order valence-corrected chi connectivity index (χ0v) is 14.2. The van der Waals surface area contributed by atoms with Gasteiger partial charge in [-0.1, -0.05) is 18.2 Å². The van der Waals surface area contributed by atoms with Crippen molar-refractivity contribution in [3.63, 3.8) is 0 Å². The first-order chi connectivity index (χ1) is 12.8. The van der Waals surface area contributed by atoms with Gasteiger partial charge in [0.2, 0.25) is 5.91 Å². The summed E-state index contributed by atoms with van der Waals surface area (Å²) in [5, 5.41) is 12.7. The minimum atomic E-state index is -4.43. The van der Waals surface area contributed by atoms with Crippen molar-refractivity contribution in [3.05, 3.63) is 65.5 Å². The van der Waals surface area contributed by atoms with Gasteiger partial charge in [0.25, 0.3) is 0 Å². The maximum atomic E-state index is 12.6. The highest BCUT2D eigenvalue weighted by Crippen LogP contribution is 2.29. The van der Waals surface area contributed by atoms with Crippen LogP contribution in [0.25, 0.3) is 0 Å². The Morgan fingerprint density at radius 3 is 2.59 bits per heavy atom. The molecule has 3 atom stereocenters. The molecule has 144 valence electrons. The first kappa shape index (κ1) is 19.3. The van der Waals surface area contributed by atoms with E-state index in [1.54, 1.807) is 12.3 Å². The Kier molecular flexibility index (Phi) is 5.73. The van der Waals surface area contributed by atoms with Crippen LogP contribution in [0, 0.1) is 0 Å². The van der Waals surface area contributed by atoms with Gasteiger partial charge in [0, 0.05) is 12.7 Å².